The molecule has 1 unspecified atom stereocenters. The van der Waals surface area contributed by atoms with E-state index in [1.165, 1.54) is 35.6 Å². The van der Waals surface area contributed by atoms with Crippen molar-refractivity contribution in [1.29, 1.82) is 0 Å². The minimum absolute atomic E-state index is 0. The molecule has 2 rings (SSSR count). The molecule has 0 aromatic heterocycles. The van der Waals surface area contributed by atoms with Gasteiger partial charge in [0.25, 0.3) is 0 Å². The summed E-state index contributed by atoms with van der Waals surface area (Å²) in [5.74, 6) is 0.788. The van der Waals surface area contributed by atoms with Crippen molar-refractivity contribution < 1.29 is 58.9 Å². The van der Waals surface area contributed by atoms with E-state index in [0.717, 1.165) is 5.92 Å². The molecular formula is C22H33Cl3SiTi. The third-order valence-electron chi connectivity index (χ3n) is 5.59. The number of hydrogen-bond acceptors (Lipinski definition) is 0. The van der Waals surface area contributed by atoms with Crippen LogP contribution in [0, 0.1) is 40.5 Å². The zero-order valence-electron chi connectivity index (χ0n) is 17.8. The van der Waals surface area contributed by atoms with Gasteiger partial charge in [-0.1, -0.05) is 81.6 Å². The van der Waals surface area contributed by atoms with Crippen molar-refractivity contribution in [2.45, 2.75) is 67.4 Å². The zero-order valence-corrected chi connectivity index (χ0v) is 23.0. The molecule has 1 atom stereocenters. The summed E-state index contributed by atoms with van der Waals surface area (Å²) in [4.78, 5) is 0. The Morgan fingerprint density at radius 2 is 1.41 bits per heavy atom. The molecule has 0 nitrogen and oxygen atoms in total. The molecule has 0 aliphatic carbocycles. The second-order valence-corrected chi connectivity index (χ2v) is 9.36. The van der Waals surface area contributed by atoms with Gasteiger partial charge in [-0.15, -0.1) is 0 Å². The Kier molecular flexibility index (Phi) is 17.1. The molecule has 150 valence electrons. The summed E-state index contributed by atoms with van der Waals surface area (Å²) in [6.45, 7) is 16.1. The van der Waals surface area contributed by atoms with E-state index >= 15 is 0 Å². The van der Waals surface area contributed by atoms with E-state index < -0.39 is 0 Å². The van der Waals surface area contributed by atoms with E-state index in [9.17, 15) is 0 Å². The van der Waals surface area contributed by atoms with Gasteiger partial charge in [-0.2, -0.15) is 27.8 Å². The Morgan fingerprint density at radius 3 is 1.89 bits per heavy atom. The standard InChI is InChI=1S/C22H33Si.3ClH.Ti/c1-8-14(2)12-21-18(6)17(5)19(7)22(21)13-23-20-10-15(3)9-16(4)11-20;;;;/h9-11,14H,8,12-13,23H2,1-7H3;3*1H;/q-1;;;;+4/p-3. The summed E-state index contributed by atoms with van der Waals surface area (Å²) in [5.41, 5.74) is 10.9. The molecule has 0 aliphatic heterocycles. The Hall–Kier alpha value is 0.371. The summed E-state index contributed by atoms with van der Waals surface area (Å²) in [6.07, 6.45) is 2.53. The first-order valence-corrected chi connectivity index (χ1v) is 10.9. The van der Waals surface area contributed by atoms with Crippen LogP contribution in [0.1, 0.15) is 59.2 Å². The van der Waals surface area contributed by atoms with E-state index in [2.05, 4.69) is 66.7 Å². The van der Waals surface area contributed by atoms with Gasteiger partial charge in [-0.25, -0.2) is 0 Å². The van der Waals surface area contributed by atoms with E-state index in [1.54, 1.807) is 27.4 Å². The molecule has 0 radical (unpaired) electrons. The maximum Gasteiger partial charge on any atom is 4.00 e. The Morgan fingerprint density at radius 1 is 0.889 bits per heavy atom. The molecule has 0 amide bonds. The van der Waals surface area contributed by atoms with Gasteiger partial charge < -0.3 is 37.2 Å². The third kappa shape index (κ3) is 8.33. The largest absolute Gasteiger partial charge is 4.00 e. The van der Waals surface area contributed by atoms with Gasteiger partial charge in [-0.3, -0.25) is 0 Å². The first-order valence-electron chi connectivity index (χ1n) is 9.14. The molecule has 0 bridgehead atoms. The Bertz CT molecular complexity index is 675. The van der Waals surface area contributed by atoms with Crippen molar-refractivity contribution >= 4 is 14.7 Å². The van der Waals surface area contributed by atoms with Crippen LogP contribution >= 0.6 is 0 Å². The monoisotopic (exact) mass is 478 g/mol. The van der Waals surface area contributed by atoms with E-state index in [-0.39, 0.29) is 68.5 Å². The van der Waals surface area contributed by atoms with Crippen molar-refractivity contribution in [2.75, 3.05) is 0 Å². The zero-order chi connectivity index (χ0) is 17.1. The van der Waals surface area contributed by atoms with Crippen LogP contribution in [-0.4, -0.2) is 9.52 Å². The van der Waals surface area contributed by atoms with Crippen LogP contribution in [0.3, 0.4) is 0 Å². The number of halogens is 3. The Labute approximate surface area is 203 Å². The summed E-state index contributed by atoms with van der Waals surface area (Å²) < 4.78 is 0. The van der Waals surface area contributed by atoms with E-state index in [1.807, 2.05) is 0 Å². The van der Waals surface area contributed by atoms with Crippen molar-refractivity contribution in [2.24, 2.45) is 5.92 Å². The third-order valence-corrected chi connectivity index (χ3v) is 7.32. The second kappa shape index (κ2) is 14.4. The van der Waals surface area contributed by atoms with Crippen molar-refractivity contribution in [3.8, 4) is 0 Å². The molecule has 0 aliphatic rings. The molecule has 27 heavy (non-hydrogen) atoms. The fourth-order valence-corrected chi connectivity index (χ4v) is 5.92. The van der Waals surface area contributed by atoms with Crippen LogP contribution < -0.4 is 42.4 Å². The quantitative estimate of drug-likeness (QED) is 0.290. The topological polar surface area (TPSA) is 0 Å². The van der Waals surface area contributed by atoms with Crippen molar-refractivity contribution in [3.63, 3.8) is 0 Å². The molecule has 5 heteroatoms. The number of hydrogen-bond donors (Lipinski definition) is 0. The van der Waals surface area contributed by atoms with Gasteiger partial charge in [0, 0.05) is 9.52 Å². The van der Waals surface area contributed by atoms with Gasteiger partial charge in [0.1, 0.15) is 0 Å². The van der Waals surface area contributed by atoms with Gasteiger partial charge in [-0.05, 0) is 26.2 Å². The Balaban J connectivity index is -0.00000144. The van der Waals surface area contributed by atoms with Crippen LogP contribution in [0.4, 0.5) is 0 Å². The molecule has 0 spiro atoms. The maximum atomic E-state index is 2.41. The fraction of sp³-hybridized carbons (Fsp3) is 0.500. The van der Waals surface area contributed by atoms with Gasteiger partial charge >= 0.3 is 21.7 Å². The SMILES string of the molecule is CCC(C)Cc1c(C)c(C)c(C)[c-]1C[SiH2]c1cc(C)cc(C)c1.[Cl-].[Cl-].[Cl-].[Ti+4]. The molecular weight excluding hydrogens is 447 g/mol. The van der Waals surface area contributed by atoms with Crippen LogP contribution in [0.2, 0.25) is 0 Å². The molecule has 0 N–H and O–H groups in total. The average molecular weight is 480 g/mol. The van der Waals surface area contributed by atoms with Crippen LogP contribution in [-0.2, 0) is 34.2 Å². The predicted octanol–water partition coefficient (Wildman–Crippen LogP) is -4.46. The van der Waals surface area contributed by atoms with Crippen molar-refractivity contribution in [3.05, 3.63) is 57.1 Å². The number of rotatable bonds is 6. The number of benzene rings is 1. The van der Waals surface area contributed by atoms with E-state index in [0.29, 0.717) is 0 Å². The molecule has 2 aromatic carbocycles. The van der Waals surface area contributed by atoms with Crippen LogP contribution in [0.5, 0.6) is 0 Å². The smallest absolute Gasteiger partial charge is 1.00 e. The molecule has 0 saturated carbocycles. The molecule has 0 saturated heterocycles. The van der Waals surface area contributed by atoms with Crippen LogP contribution in [0.25, 0.3) is 0 Å². The van der Waals surface area contributed by atoms with Crippen LogP contribution in [0.15, 0.2) is 18.2 Å². The molecule has 0 fully saturated rings. The second-order valence-electron chi connectivity index (χ2n) is 7.55. The minimum Gasteiger partial charge on any atom is -1.00 e. The maximum absolute atomic E-state index is 2.41. The normalized spacial score (nSPS) is 11.2. The summed E-state index contributed by atoms with van der Waals surface area (Å²) in [5, 5.41) is 1.62. The molecule has 0 heterocycles. The van der Waals surface area contributed by atoms with Crippen molar-refractivity contribution in [1.82, 2.24) is 0 Å². The summed E-state index contributed by atoms with van der Waals surface area (Å²) in [6, 6.07) is 8.42. The first kappa shape index (κ1) is 32.0. The summed E-state index contributed by atoms with van der Waals surface area (Å²) in [7, 11) is -0.238. The minimum atomic E-state index is -0.238. The van der Waals surface area contributed by atoms with E-state index in [4.69, 9.17) is 0 Å². The van der Waals surface area contributed by atoms with Gasteiger partial charge in [0.05, 0.1) is 0 Å². The van der Waals surface area contributed by atoms with Gasteiger partial charge in [0.2, 0.25) is 0 Å². The average Bonchev–Trinajstić information content (AvgIpc) is 2.69. The predicted molar refractivity (Wildman–Crippen MR) is 107 cm³/mol. The first-order chi connectivity index (χ1) is 10.8. The fourth-order valence-electron chi connectivity index (χ4n) is 3.78. The summed E-state index contributed by atoms with van der Waals surface area (Å²) >= 11 is 0. The van der Waals surface area contributed by atoms with Gasteiger partial charge in [0.15, 0.2) is 0 Å². The number of aryl methyl sites for hydroxylation is 2. The molecule has 2 aromatic rings.